The van der Waals surface area contributed by atoms with Crippen LogP contribution in [0.25, 0.3) is 0 Å². The van der Waals surface area contributed by atoms with Crippen molar-refractivity contribution in [3.63, 3.8) is 0 Å². The van der Waals surface area contributed by atoms with E-state index in [0.717, 1.165) is 21.6 Å². The molecular weight excluding hydrogens is 1220 g/mol. The third kappa shape index (κ3) is 39.5. The predicted molar refractivity (Wildman–Crippen MR) is 374 cm³/mol. The zero-order chi connectivity index (χ0) is 76.2. The molecule has 95 heavy (non-hydrogen) atoms. The van der Waals surface area contributed by atoms with Gasteiger partial charge in [-0.05, 0) is 102 Å². The predicted octanol–water partition coefficient (Wildman–Crippen LogP) is 3.98. The fourth-order valence-electron chi connectivity index (χ4n) is 9.28. The number of aliphatic hydroxyl groups is 2. The highest BCUT2D eigenvalue weighted by molar-refractivity contribution is 5.97. The maximum atomic E-state index is 14.5. The van der Waals surface area contributed by atoms with E-state index in [4.69, 9.17) is 9.90 Å². The number of aliphatic carboxylic acids is 1. The number of nitrogens with zero attached hydrogens (tertiary/aromatic N) is 7. The number of hydrogen-bond acceptors (Lipinski definition) is 15. The van der Waals surface area contributed by atoms with Gasteiger partial charge in [0.15, 0.2) is 0 Å². The smallest absolute Gasteiger partial charge is 0.300 e. The molecule has 0 aliphatic rings. The van der Waals surface area contributed by atoms with E-state index in [1.54, 1.807) is 34.7 Å². The van der Waals surface area contributed by atoms with Gasteiger partial charge in [-0.25, -0.2) is 0 Å². The number of amides is 10. The first-order valence-electron chi connectivity index (χ1n) is 33.0. The number of carbonyl (C=O) groups is 12. The lowest BCUT2D eigenvalue weighted by Crippen LogP contribution is -2.58. The molecular formula is C69H129N11O15. The van der Waals surface area contributed by atoms with E-state index in [2.05, 4.69) is 60.8 Å². The molecule has 26 nitrogen and oxygen atoms in total. The van der Waals surface area contributed by atoms with Crippen molar-refractivity contribution in [3.05, 3.63) is 0 Å². The Morgan fingerprint density at radius 3 is 1.22 bits per heavy atom. The van der Waals surface area contributed by atoms with E-state index in [1.807, 2.05) is 69.2 Å². The Hall–Kier alpha value is -7.16. The normalized spacial score (nSPS) is 14.0. The lowest BCUT2D eigenvalue weighted by Gasteiger charge is -2.38. The number of aliphatic hydroxyl groups excluding tert-OH is 2. The van der Waals surface area contributed by atoms with Gasteiger partial charge in [0.2, 0.25) is 59.1 Å². The van der Waals surface area contributed by atoms with Gasteiger partial charge in [0.25, 0.3) is 5.97 Å². The van der Waals surface area contributed by atoms with E-state index in [-0.39, 0.29) is 61.7 Å². The second-order valence-corrected chi connectivity index (χ2v) is 25.9. The molecule has 0 aliphatic carbocycles. The number of rotatable bonds is 36. The van der Waals surface area contributed by atoms with Gasteiger partial charge in [-0.2, -0.15) is 0 Å². The molecule has 0 heterocycles. The van der Waals surface area contributed by atoms with Crippen molar-refractivity contribution >= 4 is 71.3 Å². The Labute approximate surface area is 571 Å². The topological polar surface area (TPSA) is 336 Å². The molecule has 0 spiro atoms. The van der Waals surface area contributed by atoms with Crippen molar-refractivity contribution in [1.29, 1.82) is 0 Å². The Morgan fingerprint density at radius 2 is 0.842 bits per heavy atom. The highest BCUT2D eigenvalue weighted by atomic mass is 16.4. The van der Waals surface area contributed by atoms with Crippen LogP contribution in [0.15, 0.2) is 0 Å². The van der Waals surface area contributed by atoms with Gasteiger partial charge in [-0.15, -0.1) is 25.7 Å². The minimum Gasteiger partial charge on any atom is -0.481 e. The second kappa shape index (κ2) is 53.0. The molecule has 0 aliphatic heterocycles. The number of terminal acetylenes is 2. The number of likely N-dealkylation sites (N-methyl/N-ethyl adjacent to an activating group) is 8. The number of carboxylic acids is 1. The van der Waals surface area contributed by atoms with Crippen LogP contribution in [0.2, 0.25) is 0 Å². The Bertz CT molecular complexity index is 2340. The van der Waals surface area contributed by atoms with Crippen LogP contribution >= 0.6 is 0 Å². The maximum absolute atomic E-state index is 14.5. The van der Waals surface area contributed by atoms with Crippen molar-refractivity contribution in [2.45, 2.75) is 237 Å². The average Bonchev–Trinajstić information content (AvgIpc) is 0.864. The van der Waals surface area contributed by atoms with E-state index in [0.29, 0.717) is 12.7 Å². The summed E-state index contributed by atoms with van der Waals surface area (Å²) in [6, 6.07) is -7.69. The highest BCUT2D eigenvalue weighted by Crippen LogP contribution is 2.23. The largest absolute Gasteiger partial charge is 0.481 e. The molecule has 10 amide bonds. The van der Waals surface area contributed by atoms with Gasteiger partial charge in [0, 0.05) is 56.3 Å². The molecule has 0 saturated carbocycles. The molecule has 11 atom stereocenters. The van der Waals surface area contributed by atoms with Gasteiger partial charge in [0.05, 0.1) is 43.9 Å². The first-order valence-corrected chi connectivity index (χ1v) is 33.0. The number of carbonyl (C=O) groups excluding carboxylic acids is 11. The third-order valence-corrected chi connectivity index (χ3v) is 14.9. The van der Waals surface area contributed by atoms with E-state index in [9.17, 15) is 63.0 Å². The van der Waals surface area contributed by atoms with Gasteiger partial charge in [-0.1, -0.05) is 110 Å². The van der Waals surface area contributed by atoms with Crippen molar-refractivity contribution in [2.75, 3.05) is 76.0 Å². The second-order valence-electron chi connectivity index (χ2n) is 25.9. The first-order chi connectivity index (χ1) is 43.9. The summed E-state index contributed by atoms with van der Waals surface area (Å²) < 4.78 is 0. The van der Waals surface area contributed by atoms with Gasteiger partial charge >= 0.3 is 0 Å². The van der Waals surface area contributed by atoms with Crippen LogP contribution in [0.3, 0.4) is 0 Å². The molecule has 4 unspecified atom stereocenters. The number of hydrogen-bond donors (Lipinski definition) is 7. The van der Waals surface area contributed by atoms with Crippen LogP contribution in [0.5, 0.6) is 0 Å². The Morgan fingerprint density at radius 1 is 0.463 bits per heavy atom. The number of nitrogens with one attached hydrogen (secondary N) is 4. The molecule has 26 heteroatoms. The quantitative estimate of drug-likeness (QED) is 0.0345. The maximum Gasteiger partial charge on any atom is 0.300 e. The van der Waals surface area contributed by atoms with Crippen molar-refractivity contribution in [1.82, 2.24) is 55.6 Å². The van der Waals surface area contributed by atoms with Gasteiger partial charge < -0.3 is 75.7 Å². The van der Waals surface area contributed by atoms with E-state index >= 15 is 0 Å². The van der Waals surface area contributed by atoms with Crippen LogP contribution in [-0.2, 0) is 57.5 Å². The van der Waals surface area contributed by atoms with E-state index in [1.165, 1.54) is 89.2 Å². The molecule has 7 N–H and O–H groups in total. The molecule has 0 radical (unpaired) electrons. The standard InChI is InChI=1S/C58H107N11O13.C3H8.C2H4O2.C2H6.2C2H2/c1-33(2)23-42(32-70)65(18)58(82)51(37(9)10)62-54(78)43(24-34(3)4)66(19)49(74)30-63(16)48(73)29-60-53(77)44(27-38(11)28-47(72)41(14)71)67(20)50(75)31-64(17)56(80)45(25-35(5)6)69(22)57(81)46(26-36(7)8)68(21)55(79)40(13)61-52(76)39(12)59-15;1-3-2;1-2(3)4;3*1-2/h32-47,51,59,71-72H,23-31H2,1-22H3,(H,60,77)(H,61,76)(H,62,78);3H2,1-2H3;1H3,(H,3,4);1-2H3;2*1-2H/t38-,39-,40+,41?,42-,43-,44?,45-,46-,47?,51?;;;;;/m0...../s1. The van der Waals surface area contributed by atoms with Gasteiger partial charge in [0.1, 0.15) is 42.5 Å². The molecule has 0 aromatic heterocycles. The molecule has 0 rings (SSSR count). The van der Waals surface area contributed by atoms with Crippen LogP contribution in [0, 0.1) is 61.2 Å². The summed E-state index contributed by atoms with van der Waals surface area (Å²) in [5.41, 5.74) is 0. The SMILES string of the molecule is C#C.C#C.CC.CC(=O)O.CCC.CN[C@@H](C)C(=O)N[C@H](C)C(=O)N(C)[C@@H](CC(C)C)C(=O)N(C)[C@@H](CC(C)C)C(=O)N(C)CC(=O)N(C)C(C[C@H](C)CC(O)C(C)O)C(=O)NCC(=O)N(C)CC(=O)N(C)[C@@H](CC(C)C)C(=O)NC(C(=O)N(C)[C@H](C=O)CC(C)C)C(C)C. The average molecular weight is 1350 g/mol. The summed E-state index contributed by atoms with van der Waals surface area (Å²) >= 11 is 0. The van der Waals surface area contributed by atoms with Crippen LogP contribution in [0.4, 0.5) is 0 Å². The molecule has 0 fully saturated rings. The van der Waals surface area contributed by atoms with Crippen molar-refractivity contribution in [2.24, 2.45) is 35.5 Å². The zero-order valence-electron chi connectivity index (χ0n) is 63.1. The number of carboxylic acid groups (broad SMARTS) is 1. The van der Waals surface area contributed by atoms with Crippen molar-refractivity contribution < 1.29 is 72.9 Å². The fraction of sp³-hybridized carbons (Fsp3) is 0.768. The van der Waals surface area contributed by atoms with Crippen LogP contribution in [-0.4, -0.2) is 258 Å². The minimum atomic E-state index is -1.27. The summed E-state index contributed by atoms with van der Waals surface area (Å²) in [6.45, 7) is 32.6. The summed E-state index contributed by atoms with van der Waals surface area (Å²) in [5, 5.41) is 38.9. The highest BCUT2D eigenvalue weighted by Gasteiger charge is 2.40. The molecule has 0 bridgehead atoms. The Balaban J connectivity index is -0.00000141. The van der Waals surface area contributed by atoms with Gasteiger partial charge in [-0.3, -0.25) is 52.7 Å². The van der Waals surface area contributed by atoms with Crippen LogP contribution in [0.1, 0.15) is 176 Å². The summed E-state index contributed by atoms with van der Waals surface area (Å²) in [4.78, 5) is 168. The summed E-state index contributed by atoms with van der Waals surface area (Å²) in [6.07, 6.45) is 16.7. The third-order valence-electron chi connectivity index (χ3n) is 14.9. The molecule has 0 aromatic carbocycles. The first kappa shape index (κ1) is 98.9. The summed E-state index contributed by atoms with van der Waals surface area (Å²) in [5.74, 6) is -7.66. The lowest BCUT2D eigenvalue weighted by molar-refractivity contribution is -0.152. The van der Waals surface area contributed by atoms with Crippen LogP contribution < -0.4 is 21.3 Å². The fourth-order valence-corrected chi connectivity index (χ4v) is 9.28. The minimum absolute atomic E-state index is 0.0400. The van der Waals surface area contributed by atoms with E-state index < -0.39 is 151 Å². The molecule has 0 aromatic rings. The Kier molecular flexibility index (Phi) is 55.2. The lowest BCUT2D eigenvalue weighted by atomic mass is 9.93. The number of aldehydes is 1. The summed E-state index contributed by atoms with van der Waals surface area (Å²) in [7, 11) is 11.6. The monoisotopic (exact) mass is 1350 g/mol. The van der Waals surface area contributed by atoms with Crippen molar-refractivity contribution in [3.8, 4) is 25.7 Å². The molecule has 0 saturated heterocycles. The zero-order valence-corrected chi connectivity index (χ0v) is 63.1. The molecule has 550 valence electrons.